The predicted molar refractivity (Wildman–Crippen MR) is 105 cm³/mol. The molecule has 0 N–H and O–H groups in total. The van der Waals surface area contributed by atoms with Crippen LogP contribution in [0.3, 0.4) is 0 Å². The zero-order chi connectivity index (χ0) is 20.3. The Labute approximate surface area is 164 Å². The van der Waals surface area contributed by atoms with Gasteiger partial charge in [0.15, 0.2) is 5.78 Å². The van der Waals surface area contributed by atoms with E-state index in [4.69, 9.17) is 5.10 Å². The largest absolute Gasteiger partial charge is 0.293 e. The second kappa shape index (κ2) is 6.00. The summed E-state index contributed by atoms with van der Waals surface area (Å²) in [6, 6.07) is 11.3. The van der Waals surface area contributed by atoms with Crippen LogP contribution in [-0.2, 0) is 23.7 Å². The lowest BCUT2D eigenvalue weighted by Crippen LogP contribution is -2.51. The molecular formula is C23H23N3O2. The summed E-state index contributed by atoms with van der Waals surface area (Å²) in [5.74, 6) is -0.112. The van der Waals surface area contributed by atoms with Gasteiger partial charge in [-0.2, -0.15) is 10.4 Å². The van der Waals surface area contributed by atoms with Crippen LogP contribution in [0.1, 0.15) is 54.5 Å². The Hall–Kier alpha value is -3.00. The van der Waals surface area contributed by atoms with E-state index in [9.17, 15) is 14.9 Å². The number of allylic oxidation sites excluding steroid dienone is 2. The van der Waals surface area contributed by atoms with Crippen LogP contribution in [0.2, 0.25) is 0 Å². The molecule has 0 bridgehead atoms. The lowest BCUT2D eigenvalue weighted by Gasteiger charge is -2.49. The molecule has 0 saturated carbocycles. The highest BCUT2D eigenvalue weighted by Gasteiger charge is 2.55. The number of Topliss-reactive ketones (excluding diaryl/α,β-unsaturated/α-hetero) is 1. The maximum atomic E-state index is 13.2. The molecule has 5 heteroatoms. The van der Waals surface area contributed by atoms with Gasteiger partial charge in [0.05, 0.1) is 11.3 Å². The lowest BCUT2D eigenvalue weighted by atomic mass is 9.52. The van der Waals surface area contributed by atoms with Gasteiger partial charge in [-0.1, -0.05) is 57.2 Å². The van der Waals surface area contributed by atoms with Crippen molar-refractivity contribution in [1.82, 2.24) is 9.78 Å². The van der Waals surface area contributed by atoms with E-state index >= 15 is 0 Å². The molecule has 28 heavy (non-hydrogen) atoms. The summed E-state index contributed by atoms with van der Waals surface area (Å²) >= 11 is 0. The molecular weight excluding hydrogens is 350 g/mol. The van der Waals surface area contributed by atoms with E-state index in [-0.39, 0.29) is 23.1 Å². The Morgan fingerprint density at radius 1 is 1.25 bits per heavy atom. The highest BCUT2D eigenvalue weighted by Crippen LogP contribution is 2.54. The molecule has 5 nitrogen and oxygen atoms in total. The SMILES string of the molecule is Cn1nc2c(c1C(=O)c1ccccc1)CCC1C(C)(C)C(=O)C(C#N)=CC21C. The fourth-order valence-corrected chi connectivity index (χ4v) is 5.23. The monoisotopic (exact) mass is 373 g/mol. The molecule has 2 atom stereocenters. The third-order valence-electron chi connectivity index (χ3n) is 6.58. The van der Waals surface area contributed by atoms with Crippen LogP contribution in [0.25, 0.3) is 0 Å². The van der Waals surface area contributed by atoms with Crippen molar-refractivity contribution in [2.75, 3.05) is 0 Å². The summed E-state index contributed by atoms with van der Waals surface area (Å²) in [4.78, 5) is 26.0. The molecule has 2 unspecified atom stereocenters. The van der Waals surface area contributed by atoms with Gasteiger partial charge in [-0.3, -0.25) is 14.3 Å². The van der Waals surface area contributed by atoms with Crippen LogP contribution >= 0.6 is 0 Å². The summed E-state index contributed by atoms with van der Waals surface area (Å²) in [6.07, 6.45) is 3.26. The molecule has 2 aliphatic carbocycles. The van der Waals surface area contributed by atoms with Gasteiger partial charge in [0.1, 0.15) is 11.8 Å². The first-order valence-corrected chi connectivity index (χ1v) is 9.55. The molecule has 0 saturated heterocycles. The fourth-order valence-electron chi connectivity index (χ4n) is 5.23. The van der Waals surface area contributed by atoms with Gasteiger partial charge in [-0.05, 0) is 18.8 Å². The van der Waals surface area contributed by atoms with Crippen molar-refractivity contribution in [2.24, 2.45) is 18.4 Å². The molecule has 0 aliphatic heterocycles. The summed E-state index contributed by atoms with van der Waals surface area (Å²) in [5.41, 5.74) is 1.98. The zero-order valence-electron chi connectivity index (χ0n) is 16.6. The number of aryl methyl sites for hydroxylation is 1. The second-order valence-corrected chi connectivity index (χ2v) is 8.59. The Morgan fingerprint density at radius 3 is 2.57 bits per heavy atom. The number of nitriles is 1. The lowest BCUT2D eigenvalue weighted by molar-refractivity contribution is -0.128. The van der Waals surface area contributed by atoms with Gasteiger partial charge in [-0.25, -0.2) is 0 Å². The summed E-state index contributed by atoms with van der Waals surface area (Å²) < 4.78 is 1.66. The number of nitrogens with zero attached hydrogens (tertiary/aromatic N) is 3. The van der Waals surface area contributed by atoms with Crippen molar-refractivity contribution in [3.8, 4) is 6.07 Å². The molecule has 1 aromatic heterocycles. The number of aromatic nitrogens is 2. The average molecular weight is 373 g/mol. The molecule has 2 aliphatic rings. The summed E-state index contributed by atoms with van der Waals surface area (Å²) in [7, 11) is 1.79. The van der Waals surface area contributed by atoms with Crippen LogP contribution in [0.5, 0.6) is 0 Å². The van der Waals surface area contributed by atoms with E-state index < -0.39 is 10.8 Å². The van der Waals surface area contributed by atoms with Gasteiger partial charge in [0, 0.05) is 29.0 Å². The first kappa shape index (κ1) is 18.4. The number of carbonyl (C=O) groups excluding carboxylic acids is 2. The van der Waals surface area contributed by atoms with Crippen molar-refractivity contribution in [2.45, 2.75) is 39.0 Å². The predicted octanol–water partition coefficient (Wildman–Crippen LogP) is 3.53. The molecule has 0 fully saturated rings. The van der Waals surface area contributed by atoms with Crippen LogP contribution in [-0.4, -0.2) is 21.3 Å². The van der Waals surface area contributed by atoms with E-state index in [1.807, 2.05) is 51.1 Å². The molecule has 2 aromatic rings. The highest BCUT2D eigenvalue weighted by molar-refractivity contribution is 6.09. The summed E-state index contributed by atoms with van der Waals surface area (Å²) in [6.45, 7) is 5.89. The van der Waals surface area contributed by atoms with Gasteiger partial charge < -0.3 is 0 Å². The first-order valence-electron chi connectivity index (χ1n) is 9.55. The first-order chi connectivity index (χ1) is 13.2. The summed E-state index contributed by atoms with van der Waals surface area (Å²) in [5, 5.41) is 14.3. The van der Waals surface area contributed by atoms with Crippen molar-refractivity contribution in [3.63, 3.8) is 0 Å². The van der Waals surface area contributed by atoms with E-state index in [2.05, 4.69) is 6.07 Å². The average Bonchev–Trinajstić information content (AvgIpc) is 3.02. The number of rotatable bonds is 2. The Kier molecular flexibility index (Phi) is 3.94. The van der Waals surface area contributed by atoms with Gasteiger partial charge >= 0.3 is 0 Å². The van der Waals surface area contributed by atoms with Crippen LogP contribution in [0, 0.1) is 22.7 Å². The molecule has 0 amide bonds. The van der Waals surface area contributed by atoms with Gasteiger partial charge in [-0.15, -0.1) is 0 Å². The van der Waals surface area contributed by atoms with Crippen LogP contribution in [0.15, 0.2) is 42.0 Å². The Balaban J connectivity index is 1.91. The molecule has 142 valence electrons. The zero-order valence-corrected chi connectivity index (χ0v) is 16.6. The van der Waals surface area contributed by atoms with Crippen molar-refractivity contribution >= 4 is 11.6 Å². The van der Waals surface area contributed by atoms with Crippen LogP contribution in [0.4, 0.5) is 0 Å². The van der Waals surface area contributed by atoms with Crippen LogP contribution < -0.4 is 0 Å². The number of ketones is 2. The maximum absolute atomic E-state index is 13.2. The minimum atomic E-state index is -0.645. The van der Waals surface area contributed by atoms with Gasteiger partial charge in [0.25, 0.3) is 0 Å². The molecule has 0 radical (unpaired) electrons. The van der Waals surface area contributed by atoms with E-state index in [0.717, 1.165) is 17.7 Å². The van der Waals surface area contributed by atoms with E-state index in [0.29, 0.717) is 17.7 Å². The van der Waals surface area contributed by atoms with Crippen molar-refractivity contribution in [1.29, 1.82) is 5.26 Å². The van der Waals surface area contributed by atoms with E-state index in [1.165, 1.54) is 0 Å². The maximum Gasteiger partial charge on any atom is 0.211 e. The number of benzene rings is 1. The minimum Gasteiger partial charge on any atom is -0.293 e. The normalized spacial score (nSPS) is 25.3. The molecule has 1 aromatic carbocycles. The minimum absolute atomic E-state index is 0.0340. The topological polar surface area (TPSA) is 75.8 Å². The van der Waals surface area contributed by atoms with E-state index in [1.54, 1.807) is 17.8 Å². The number of hydrogen-bond donors (Lipinski definition) is 0. The Bertz CT molecular complexity index is 1070. The smallest absolute Gasteiger partial charge is 0.211 e. The third-order valence-corrected chi connectivity index (χ3v) is 6.58. The molecule has 4 rings (SSSR count). The second-order valence-electron chi connectivity index (χ2n) is 8.59. The standard InChI is InChI=1S/C23H23N3O2/c1-22(2)17-11-10-16-18(19(27)14-8-6-5-7-9-14)26(4)25-20(16)23(17,3)12-15(13-24)21(22)28/h5-9,12,17H,10-11H2,1-4H3. The molecule has 0 spiro atoms. The number of fused-ring (bicyclic) bond motifs is 3. The fraction of sp³-hybridized carbons (Fsp3) is 0.391. The van der Waals surface area contributed by atoms with Gasteiger partial charge in [0.2, 0.25) is 5.78 Å². The number of hydrogen-bond acceptors (Lipinski definition) is 4. The molecule has 1 heterocycles. The quantitative estimate of drug-likeness (QED) is 0.755. The van der Waals surface area contributed by atoms with Crippen molar-refractivity contribution < 1.29 is 9.59 Å². The third kappa shape index (κ3) is 2.34. The highest BCUT2D eigenvalue weighted by atomic mass is 16.1. The Morgan fingerprint density at radius 2 is 1.93 bits per heavy atom. The number of carbonyl (C=O) groups is 2. The van der Waals surface area contributed by atoms with Crippen molar-refractivity contribution in [3.05, 3.63) is 64.5 Å².